The van der Waals surface area contributed by atoms with Crippen LogP contribution in [0.25, 0.3) is 0 Å². The SMILES string of the molecule is CS(=O)(=O)c1ccc(NC(=O)C2CC3CC3C2)cn1. The normalized spacial score (nSPS) is 28.8. The summed E-state index contributed by atoms with van der Waals surface area (Å²) in [6, 6.07) is 2.99. The Morgan fingerprint density at radius 3 is 2.47 bits per heavy atom. The highest BCUT2D eigenvalue weighted by atomic mass is 32.2. The van der Waals surface area contributed by atoms with Crippen molar-refractivity contribution < 1.29 is 13.2 Å². The molecule has 2 fully saturated rings. The summed E-state index contributed by atoms with van der Waals surface area (Å²) in [6.07, 6.45) is 5.77. The molecule has 5 nitrogen and oxygen atoms in total. The van der Waals surface area contributed by atoms with Crippen molar-refractivity contribution >= 4 is 21.4 Å². The molecule has 0 spiro atoms. The van der Waals surface area contributed by atoms with Crippen molar-refractivity contribution in [2.75, 3.05) is 11.6 Å². The van der Waals surface area contributed by atoms with Gasteiger partial charge < -0.3 is 5.32 Å². The highest BCUT2D eigenvalue weighted by molar-refractivity contribution is 7.90. The second-order valence-electron chi connectivity index (χ2n) is 5.57. The van der Waals surface area contributed by atoms with E-state index in [2.05, 4.69) is 10.3 Å². The topological polar surface area (TPSA) is 76.1 Å². The van der Waals surface area contributed by atoms with Crippen molar-refractivity contribution in [3.63, 3.8) is 0 Å². The van der Waals surface area contributed by atoms with Gasteiger partial charge in [-0.05, 0) is 43.2 Å². The van der Waals surface area contributed by atoms with Crippen LogP contribution < -0.4 is 5.32 Å². The molecule has 2 atom stereocenters. The maximum atomic E-state index is 12.0. The Bertz CT molecular complexity index is 599. The average Bonchev–Trinajstić information content (AvgIpc) is 2.95. The standard InChI is InChI=1S/C13H16N2O3S/c1-19(17,18)12-3-2-11(7-14-12)15-13(16)10-5-8-4-9(8)6-10/h2-3,7-10H,4-6H2,1H3,(H,15,16). The molecule has 102 valence electrons. The van der Waals surface area contributed by atoms with Gasteiger partial charge in [0.1, 0.15) is 0 Å². The number of fused-ring (bicyclic) bond motifs is 1. The Hall–Kier alpha value is -1.43. The number of sulfone groups is 1. The molecule has 1 aromatic heterocycles. The first-order valence-electron chi connectivity index (χ1n) is 6.40. The molecule has 0 radical (unpaired) electrons. The number of rotatable bonds is 3. The molecule has 0 aliphatic heterocycles. The number of nitrogens with one attached hydrogen (secondary N) is 1. The van der Waals surface area contributed by atoms with Crippen molar-refractivity contribution in [1.82, 2.24) is 4.98 Å². The molecule has 0 aromatic carbocycles. The number of aromatic nitrogens is 1. The van der Waals surface area contributed by atoms with Crippen LogP contribution in [-0.4, -0.2) is 25.6 Å². The maximum absolute atomic E-state index is 12.0. The van der Waals surface area contributed by atoms with Crippen LogP contribution in [0, 0.1) is 17.8 Å². The van der Waals surface area contributed by atoms with Gasteiger partial charge in [0.25, 0.3) is 0 Å². The molecule has 1 heterocycles. The zero-order valence-corrected chi connectivity index (χ0v) is 11.5. The first-order chi connectivity index (χ1) is 8.93. The smallest absolute Gasteiger partial charge is 0.227 e. The van der Waals surface area contributed by atoms with Crippen molar-refractivity contribution in [3.8, 4) is 0 Å². The second kappa shape index (κ2) is 4.30. The van der Waals surface area contributed by atoms with Crippen LogP contribution in [0.4, 0.5) is 5.69 Å². The average molecular weight is 280 g/mol. The Morgan fingerprint density at radius 1 is 1.26 bits per heavy atom. The van der Waals surface area contributed by atoms with Crippen LogP contribution >= 0.6 is 0 Å². The van der Waals surface area contributed by atoms with E-state index in [9.17, 15) is 13.2 Å². The van der Waals surface area contributed by atoms with E-state index >= 15 is 0 Å². The van der Waals surface area contributed by atoms with E-state index in [-0.39, 0.29) is 16.9 Å². The summed E-state index contributed by atoms with van der Waals surface area (Å²) in [7, 11) is -3.29. The fraction of sp³-hybridized carbons (Fsp3) is 0.538. The minimum atomic E-state index is -3.29. The molecule has 1 amide bonds. The number of anilines is 1. The Labute approximate surface area is 112 Å². The van der Waals surface area contributed by atoms with Crippen LogP contribution in [0.15, 0.2) is 23.4 Å². The fourth-order valence-electron chi connectivity index (χ4n) is 2.85. The van der Waals surface area contributed by atoms with Crippen LogP contribution in [0.3, 0.4) is 0 Å². The van der Waals surface area contributed by atoms with E-state index in [1.807, 2.05) is 0 Å². The molecule has 2 aliphatic rings. The first kappa shape index (κ1) is 12.6. The van der Waals surface area contributed by atoms with Gasteiger partial charge in [0.15, 0.2) is 14.9 Å². The van der Waals surface area contributed by atoms with Gasteiger partial charge in [0.05, 0.1) is 11.9 Å². The van der Waals surface area contributed by atoms with Gasteiger partial charge in [-0.25, -0.2) is 13.4 Å². The summed E-state index contributed by atoms with van der Waals surface area (Å²) in [5.41, 5.74) is 0.554. The molecule has 2 aliphatic carbocycles. The van der Waals surface area contributed by atoms with E-state index in [0.29, 0.717) is 5.69 Å². The summed E-state index contributed by atoms with van der Waals surface area (Å²) in [5, 5.41) is 2.83. The monoisotopic (exact) mass is 280 g/mol. The van der Waals surface area contributed by atoms with Crippen LogP contribution in [0.5, 0.6) is 0 Å². The Kier molecular flexibility index (Phi) is 2.85. The summed E-state index contributed by atoms with van der Waals surface area (Å²) < 4.78 is 22.5. The number of carbonyl (C=O) groups excluding carboxylic acids is 1. The summed E-state index contributed by atoms with van der Waals surface area (Å²) in [6.45, 7) is 0. The minimum Gasteiger partial charge on any atom is -0.324 e. The number of amides is 1. The third-order valence-corrected chi connectivity index (χ3v) is 5.00. The molecule has 3 rings (SSSR count). The van der Waals surface area contributed by atoms with Crippen LogP contribution in [-0.2, 0) is 14.6 Å². The summed E-state index contributed by atoms with van der Waals surface area (Å²) >= 11 is 0. The van der Waals surface area contributed by atoms with Crippen molar-refractivity contribution in [2.24, 2.45) is 17.8 Å². The van der Waals surface area contributed by atoms with Gasteiger partial charge in [-0.2, -0.15) is 0 Å². The van der Waals surface area contributed by atoms with Gasteiger partial charge in [-0.3, -0.25) is 4.79 Å². The van der Waals surface area contributed by atoms with Gasteiger partial charge in [0.2, 0.25) is 5.91 Å². The number of carbonyl (C=O) groups is 1. The molecular formula is C13H16N2O3S. The highest BCUT2D eigenvalue weighted by Gasteiger charge is 2.47. The highest BCUT2D eigenvalue weighted by Crippen LogP contribution is 2.54. The third-order valence-electron chi connectivity index (χ3n) is 4.00. The summed E-state index contributed by atoms with van der Waals surface area (Å²) in [4.78, 5) is 15.9. The lowest BCUT2D eigenvalue weighted by molar-refractivity contribution is -0.120. The van der Waals surface area contributed by atoms with E-state index in [4.69, 9.17) is 0 Å². The van der Waals surface area contributed by atoms with Gasteiger partial charge in [-0.1, -0.05) is 0 Å². The Balaban J connectivity index is 1.65. The lowest BCUT2D eigenvalue weighted by atomic mass is 10.0. The molecule has 2 unspecified atom stereocenters. The zero-order chi connectivity index (χ0) is 13.6. The first-order valence-corrected chi connectivity index (χ1v) is 8.29. The predicted octanol–water partition coefficient (Wildman–Crippen LogP) is 1.47. The third kappa shape index (κ3) is 2.63. The second-order valence-corrected chi connectivity index (χ2v) is 7.53. The van der Waals surface area contributed by atoms with Gasteiger partial charge >= 0.3 is 0 Å². The van der Waals surface area contributed by atoms with Crippen molar-refractivity contribution in [3.05, 3.63) is 18.3 Å². The fourth-order valence-corrected chi connectivity index (χ4v) is 3.41. The van der Waals surface area contributed by atoms with Crippen molar-refractivity contribution in [2.45, 2.75) is 24.3 Å². The number of pyridine rings is 1. The van der Waals surface area contributed by atoms with Gasteiger partial charge in [0, 0.05) is 12.2 Å². The molecule has 0 saturated heterocycles. The number of nitrogens with zero attached hydrogens (tertiary/aromatic N) is 1. The Morgan fingerprint density at radius 2 is 1.95 bits per heavy atom. The molecule has 2 saturated carbocycles. The largest absolute Gasteiger partial charge is 0.324 e. The molecule has 1 aromatic rings. The van der Waals surface area contributed by atoms with E-state index in [1.165, 1.54) is 18.7 Å². The van der Waals surface area contributed by atoms with E-state index < -0.39 is 9.84 Å². The summed E-state index contributed by atoms with van der Waals surface area (Å²) in [5.74, 6) is 1.67. The van der Waals surface area contributed by atoms with Crippen LogP contribution in [0.2, 0.25) is 0 Å². The molecular weight excluding hydrogens is 264 g/mol. The van der Waals surface area contributed by atoms with E-state index in [1.54, 1.807) is 6.07 Å². The van der Waals surface area contributed by atoms with Crippen molar-refractivity contribution in [1.29, 1.82) is 0 Å². The lowest BCUT2D eigenvalue weighted by Crippen LogP contribution is -2.21. The minimum absolute atomic E-state index is 0.0209. The molecule has 19 heavy (non-hydrogen) atoms. The number of hydrogen-bond acceptors (Lipinski definition) is 4. The maximum Gasteiger partial charge on any atom is 0.227 e. The van der Waals surface area contributed by atoms with Crippen LogP contribution in [0.1, 0.15) is 19.3 Å². The molecule has 6 heteroatoms. The zero-order valence-electron chi connectivity index (χ0n) is 10.7. The quantitative estimate of drug-likeness (QED) is 0.909. The molecule has 1 N–H and O–H groups in total. The predicted molar refractivity (Wildman–Crippen MR) is 70.3 cm³/mol. The number of hydrogen-bond donors (Lipinski definition) is 1. The van der Waals surface area contributed by atoms with Gasteiger partial charge in [-0.15, -0.1) is 0 Å². The lowest BCUT2D eigenvalue weighted by Gasteiger charge is -2.12. The van der Waals surface area contributed by atoms with E-state index in [0.717, 1.165) is 30.9 Å². The molecule has 0 bridgehead atoms.